The Morgan fingerprint density at radius 3 is 3.09 bits per heavy atom. The smallest absolute Gasteiger partial charge is 0.234 e. The van der Waals surface area contributed by atoms with Gasteiger partial charge in [0, 0.05) is 17.3 Å². The highest BCUT2D eigenvalue weighted by Gasteiger charge is 2.31. The molecule has 122 valence electrons. The van der Waals surface area contributed by atoms with Gasteiger partial charge in [-0.3, -0.25) is 4.98 Å². The van der Waals surface area contributed by atoms with Crippen LogP contribution < -0.4 is 10.1 Å². The molecule has 1 atom stereocenters. The van der Waals surface area contributed by atoms with E-state index in [2.05, 4.69) is 15.3 Å². The van der Waals surface area contributed by atoms with E-state index in [0.29, 0.717) is 29.9 Å². The van der Waals surface area contributed by atoms with Crippen molar-refractivity contribution < 1.29 is 9.84 Å². The fraction of sp³-hybridized carbons (Fsp3) is 0.375. The number of nitrogens with one attached hydrogen (secondary N) is 1. The molecule has 1 aromatic heterocycles. The van der Waals surface area contributed by atoms with E-state index in [-0.39, 0.29) is 0 Å². The van der Waals surface area contributed by atoms with Gasteiger partial charge in [0.25, 0.3) is 0 Å². The van der Waals surface area contributed by atoms with E-state index in [4.69, 9.17) is 16.3 Å². The molecule has 23 heavy (non-hydrogen) atoms. The average molecular weight is 352 g/mol. The normalized spacial score (nSPS) is 20.4. The summed E-state index contributed by atoms with van der Waals surface area (Å²) < 4.78 is 5.65. The zero-order chi connectivity index (χ0) is 16.1. The van der Waals surface area contributed by atoms with Crippen LogP contribution >= 0.6 is 23.4 Å². The van der Waals surface area contributed by atoms with E-state index in [0.717, 1.165) is 23.5 Å². The number of benzene rings is 1. The van der Waals surface area contributed by atoms with Crippen LogP contribution in [0.1, 0.15) is 12.0 Å². The molecule has 1 saturated heterocycles. The van der Waals surface area contributed by atoms with Gasteiger partial charge in [-0.2, -0.15) is 16.7 Å². The molecule has 0 spiro atoms. The second kappa shape index (κ2) is 7.38. The average Bonchev–Trinajstić information content (AvgIpc) is 2.99. The van der Waals surface area contributed by atoms with Crippen molar-refractivity contribution in [1.82, 2.24) is 9.97 Å². The first-order chi connectivity index (χ1) is 11.1. The minimum Gasteiger partial charge on any atom is -0.472 e. The van der Waals surface area contributed by atoms with Crippen LogP contribution in [0.3, 0.4) is 0 Å². The number of ether oxygens (including phenoxy) is 1. The Morgan fingerprint density at radius 1 is 1.39 bits per heavy atom. The number of hydrogen-bond acceptors (Lipinski definition) is 6. The molecule has 0 aliphatic carbocycles. The number of rotatable bonds is 6. The Hall–Kier alpha value is -1.50. The maximum absolute atomic E-state index is 10.3. The van der Waals surface area contributed by atoms with Gasteiger partial charge in [0.05, 0.1) is 18.0 Å². The standard InChI is InChI=1S/C16H18ClN3O2S/c17-13-3-1-2-12(6-13)9-22-15-8-18-7-14(20-15)19-10-16(21)4-5-23-11-16/h1-3,6-8,21H,4-5,9-11H2,(H,19,20). The van der Waals surface area contributed by atoms with Crippen molar-refractivity contribution >= 4 is 29.2 Å². The lowest BCUT2D eigenvalue weighted by Gasteiger charge is -2.21. The van der Waals surface area contributed by atoms with Crippen molar-refractivity contribution in [2.75, 3.05) is 23.4 Å². The lowest BCUT2D eigenvalue weighted by atomic mass is 10.0. The number of thioether (sulfide) groups is 1. The molecule has 1 aliphatic heterocycles. The van der Waals surface area contributed by atoms with E-state index in [1.807, 2.05) is 24.3 Å². The molecule has 0 bridgehead atoms. The lowest BCUT2D eigenvalue weighted by Crippen LogP contribution is -2.36. The summed E-state index contributed by atoms with van der Waals surface area (Å²) in [5.41, 5.74) is 0.305. The van der Waals surface area contributed by atoms with Crippen LogP contribution in [0.4, 0.5) is 5.82 Å². The third-order valence-electron chi connectivity index (χ3n) is 3.57. The summed E-state index contributed by atoms with van der Waals surface area (Å²) >= 11 is 7.71. The third-order valence-corrected chi connectivity index (χ3v) is 5.04. The minimum atomic E-state index is -0.663. The van der Waals surface area contributed by atoms with Gasteiger partial charge in [0.1, 0.15) is 12.4 Å². The number of anilines is 1. The second-order valence-electron chi connectivity index (χ2n) is 5.54. The monoisotopic (exact) mass is 351 g/mol. The SMILES string of the molecule is OC1(CNc2cncc(OCc3cccc(Cl)c3)n2)CCSC1. The van der Waals surface area contributed by atoms with E-state index < -0.39 is 5.60 Å². The highest BCUT2D eigenvalue weighted by molar-refractivity contribution is 7.99. The Labute approximate surface area is 144 Å². The van der Waals surface area contributed by atoms with Gasteiger partial charge >= 0.3 is 0 Å². The molecule has 2 aromatic rings. The lowest BCUT2D eigenvalue weighted by molar-refractivity contribution is 0.0819. The highest BCUT2D eigenvalue weighted by Crippen LogP contribution is 2.27. The minimum absolute atomic E-state index is 0.374. The molecule has 7 heteroatoms. The van der Waals surface area contributed by atoms with Crippen LogP contribution in [0.15, 0.2) is 36.7 Å². The molecule has 1 fully saturated rings. The number of aliphatic hydroxyl groups is 1. The topological polar surface area (TPSA) is 67.3 Å². The summed E-state index contributed by atoms with van der Waals surface area (Å²) in [7, 11) is 0. The molecule has 0 saturated carbocycles. The predicted molar refractivity (Wildman–Crippen MR) is 93.2 cm³/mol. The maximum Gasteiger partial charge on any atom is 0.234 e. The van der Waals surface area contributed by atoms with Crippen molar-refractivity contribution in [3.05, 3.63) is 47.2 Å². The van der Waals surface area contributed by atoms with Crippen LogP contribution in [0, 0.1) is 0 Å². The van der Waals surface area contributed by atoms with Gasteiger partial charge in [0.2, 0.25) is 5.88 Å². The first-order valence-corrected chi connectivity index (χ1v) is 8.90. The number of halogens is 1. The summed E-state index contributed by atoms with van der Waals surface area (Å²) in [4.78, 5) is 8.48. The van der Waals surface area contributed by atoms with Crippen LogP contribution in [-0.4, -0.2) is 38.7 Å². The molecule has 0 amide bonds. The van der Waals surface area contributed by atoms with Crippen LogP contribution in [0.2, 0.25) is 5.02 Å². The van der Waals surface area contributed by atoms with E-state index >= 15 is 0 Å². The summed E-state index contributed by atoms with van der Waals surface area (Å²) in [6, 6.07) is 7.49. The third kappa shape index (κ3) is 4.73. The predicted octanol–water partition coefficient (Wildman–Crippen LogP) is 2.99. The Bertz CT molecular complexity index is 665. The van der Waals surface area contributed by atoms with E-state index in [1.54, 1.807) is 24.2 Å². The summed E-state index contributed by atoms with van der Waals surface area (Å²) in [5.74, 6) is 2.77. The van der Waals surface area contributed by atoms with Gasteiger partial charge in [0.15, 0.2) is 0 Å². The van der Waals surface area contributed by atoms with Crippen molar-refractivity contribution in [2.24, 2.45) is 0 Å². The molecule has 1 aliphatic rings. The molecular weight excluding hydrogens is 334 g/mol. The van der Waals surface area contributed by atoms with Gasteiger partial charge in [-0.05, 0) is 29.9 Å². The van der Waals surface area contributed by atoms with Gasteiger partial charge in [-0.1, -0.05) is 23.7 Å². The summed E-state index contributed by atoms with van der Waals surface area (Å²) in [6.07, 6.45) is 3.98. The number of hydrogen-bond donors (Lipinski definition) is 2. The fourth-order valence-corrected chi connectivity index (χ4v) is 3.79. The maximum atomic E-state index is 10.3. The molecule has 1 aromatic carbocycles. The molecular formula is C16H18ClN3O2S. The molecule has 2 heterocycles. The van der Waals surface area contributed by atoms with Crippen molar-refractivity contribution in [1.29, 1.82) is 0 Å². The summed E-state index contributed by atoms with van der Waals surface area (Å²) in [5, 5.41) is 14.1. The molecule has 3 rings (SSSR count). The van der Waals surface area contributed by atoms with Crippen LogP contribution in [0.5, 0.6) is 5.88 Å². The van der Waals surface area contributed by atoms with Crippen molar-refractivity contribution in [3.8, 4) is 5.88 Å². The Balaban J connectivity index is 1.56. The molecule has 1 unspecified atom stereocenters. The number of aromatic nitrogens is 2. The fourth-order valence-electron chi connectivity index (χ4n) is 2.28. The Morgan fingerprint density at radius 2 is 2.30 bits per heavy atom. The van der Waals surface area contributed by atoms with Gasteiger partial charge in [-0.15, -0.1) is 0 Å². The van der Waals surface area contributed by atoms with Crippen LogP contribution in [-0.2, 0) is 6.61 Å². The van der Waals surface area contributed by atoms with Gasteiger partial charge < -0.3 is 15.2 Å². The highest BCUT2D eigenvalue weighted by atomic mass is 35.5. The molecule has 0 radical (unpaired) electrons. The van der Waals surface area contributed by atoms with Crippen molar-refractivity contribution in [2.45, 2.75) is 18.6 Å². The number of nitrogens with zero attached hydrogens (tertiary/aromatic N) is 2. The van der Waals surface area contributed by atoms with Crippen LogP contribution in [0.25, 0.3) is 0 Å². The van der Waals surface area contributed by atoms with E-state index in [9.17, 15) is 5.11 Å². The second-order valence-corrected chi connectivity index (χ2v) is 7.08. The molecule has 5 nitrogen and oxygen atoms in total. The first kappa shape index (κ1) is 16.4. The van der Waals surface area contributed by atoms with E-state index in [1.165, 1.54) is 0 Å². The summed E-state index contributed by atoms with van der Waals surface area (Å²) in [6.45, 7) is 0.839. The van der Waals surface area contributed by atoms with Gasteiger partial charge in [-0.25, -0.2) is 0 Å². The zero-order valence-corrected chi connectivity index (χ0v) is 14.1. The largest absolute Gasteiger partial charge is 0.472 e. The van der Waals surface area contributed by atoms with Crippen molar-refractivity contribution in [3.63, 3.8) is 0 Å². The quantitative estimate of drug-likeness (QED) is 0.834. The first-order valence-electron chi connectivity index (χ1n) is 7.36. The molecule has 2 N–H and O–H groups in total. The Kier molecular flexibility index (Phi) is 5.25. The zero-order valence-electron chi connectivity index (χ0n) is 12.5.